The maximum atomic E-state index is 10.1. The van der Waals surface area contributed by atoms with Crippen LogP contribution in [0.25, 0.3) is 0 Å². The molecule has 2 aliphatic heterocycles. The van der Waals surface area contributed by atoms with Crippen LogP contribution in [0.3, 0.4) is 0 Å². The minimum absolute atomic E-state index is 0.00434. The van der Waals surface area contributed by atoms with E-state index in [0.717, 1.165) is 67.3 Å². The third-order valence-corrected chi connectivity index (χ3v) is 5.59. The quantitative estimate of drug-likeness (QED) is 0.872. The van der Waals surface area contributed by atoms with Gasteiger partial charge in [-0.15, -0.1) is 0 Å². The van der Waals surface area contributed by atoms with Crippen molar-refractivity contribution in [2.75, 3.05) is 20.2 Å². The molecule has 6 nitrogen and oxygen atoms in total. The van der Waals surface area contributed by atoms with E-state index >= 15 is 0 Å². The Morgan fingerprint density at radius 2 is 2.15 bits per heavy atom. The fourth-order valence-electron chi connectivity index (χ4n) is 3.64. The molecule has 3 heterocycles. The molecule has 2 aromatic rings. The lowest BCUT2D eigenvalue weighted by molar-refractivity contribution is 0.242. The van der Waals surface area contributed by atoms with Crippen molar-refractivity contribution in [3.8, 4) is 11.5 Å². The predicted octanol–water partition coefficient (Wildman–Crippen LogP) is 3.38. The van der Waals surface area contributed by atoms with Crippen LogP contribution in [0.2, 0.25) is 5.02 Å². The largest absolute Gasteiger partial charge is 0.503 e. The van der Waals surface area contributed by atoms with Gasteiger partial charge in [0.15, 0.2) is 17.3 Å². The summed E-state index contributed by atoms with van der Waals surface area (Å²) in [4.78, 5) is 16.2. The fourth-order valence-corrected chi connectivity index (χ4v) is 3.86. The summed E-state index contributed by atoms with van der Waals surface area (Å²) in [5.74, 6) is 1.18. The van der Waals surface area contributed by atoms with E-state index in [1.807, 2.05) is 12.3 Å². The van der Waals surface area contributed by atoms with Gasteiger partial charge in [0, 0.05) is 44.4 Å². The first-order chi connectivity index (χ1) is 13.2. The van der Waals surface area contributed by atoms with Gasteiger partial charge in [-0.1, -0.05) is 17.7 Å². The number of hydrogen-bond donors (Lipinski definition) is 1. The topological polar surface area (TPSA) is 70.8 Å². The van der Waals surface area contributed by atoms with E-state index in [-0.39, 0.29) is 5.75 Å². The number of fused-ring (bicyclic) bond motifs is 1. The highest BCUT2D eigenvalue weighted by Gasteiger charge is 2.22. The first kappa shape index (κ1) is 18.2. The first-order valence-corrected chi connectivity index (χ1v) is 9.68. The van der Waals surface area contributed by atoms with Crippen molar-refractivity contribution in [2.45, 2.75) is 38.8 Å². The highest BCUT2D eigenvalue weighted by Crippen LogP contribution is 2.37. The molecular weight excluding hydrogens is 364 g/mol. The van der Waals surface area contributed by atoms with Gasteiger partial charge in [0.1, 0.15) is 0 Å². The highest BCUT2D eigenvalue weighted by molar-refractivity contribution is 6.33. The number of halogens is 1. The summed E-state index contributed by atoms with van der Waals surface area (Å²) in [6, 6.07) is 3.64. The summed E-state index contributed by atoms with van der Waals surface area (Å²) in [7, 11) is 1.51. The fraction of sp³-hybridized carbons (Fsp3) is 0.450. The minimum atomic E-state index is -0.00434. The van der Waals surface area contributed by atoms with Crippen LogP contribution in [0.15, 0.2) is 23.3 Å². The number of methoxy groups -OCH3 is 1. The van der Waals surface area contributed by atoms with Gasteiger partial charge in [0.05, 0.1) is 23.5 Å². The van der Waals surface area contributed by atoms with E-state index in [0.29, 0.717) is 17.3 Å². The van der Waals surface area contributed by atoms with E-state index in [9.17, 15) is 5.11 Å². The van der Waals surface area contributed by atoms with Crippen LogP contribution in [-0.4, -0.2) is 45.9 Å². The van der Waals surface area contributed by atoms with Crippen molar-refractivity contribution in [1.29, 1.82) is 0 Å². The molecule has 0 amide bonds. The average molecular weight is 387 g/mol. The van der Waals surface area contributed by atoms with E-state index in [2.05, 4.69) is 14.9 Å². The Bertz CT molecular complexity index is 885. The third kappa shape index (κ3) is 3.77. The Hall–Kier alpha value is -2.18. The molecule has 7 heteroatoms. The number of benzene rings is 1. The highest BCUT2D eigenvalue weighted by atomic mass is 35.5. The summed E-state index contributed by atoms with van der Waals surface area (Å²) in [5.41, 5.74) is 4.20. The van der Waals surface area contributed by atoms with Crippen molar-refractivity contribution in [1.82, 2.24) is 14.9 Å². The molecule has 27 heavy (non-hydrogen) atoms. The molecule has 0 spiro atoms. The van der Waals surface area contributed by atoms with Crippen molar-refractivity contribution in [3.05, 3.63) is 46.0 Å². The number of rotatable bonds is 4. The monoisotopic (exact) mass is 386 g/mol. The second-order valence-corrected chi connectivity index (χ2v) is 7.38. The van der Waals surface area contributed by atoms with Gasteiger partial charge in [0.25, 0.3) is 0 Å². The maximum absolute atomic E-state index is 10.1. The van der Waals surface area contributed by atoms with Crippen molar-refractivity contribution in [3.63, 3.8) is 0 Å². The van der Waals surface area contributed by atoms with Crippen LogP contribution in [-0.2, 0) is 19.5 Å². The lowest BCUT2D eigenvalue weighted by Gasteiger charge is -2.28. The van der Waals surface area contributed by atoms with Gasteiger partial charge in [-0.25, -0.2) is 9.97 Å². The molecule has 1 N–H and O–H groups in total. The molecule has 0 atom stereocenters. The lowest BCUT2D eigenvalue weighted by atomic mass is 10.0. The minimum Gasteiger partial charge on any atom is -0.503 e. The second kappa shape index (κ2) is 7.82. The Morgan fingerprint density at radius 3 is 2.93 bits per heavy atom. The van der Waals surface area contributed by atoms with E-state index in [1.54, 1.807) is 6.07 Å². The number of hydrogen-bond acceptors (Lipinski definition) is 6. The van der Waals surface area contributed by atoms with Gasteiger partial charge < -0.3 is 9.84 Å². The van der Waals surface area contributed by atoms with Crippen LogP contribution in [0, 0.1) is 0 Å². The Labute approximate surface area is 163 Å². The number of aliphatic imine (C=N–C) groups is 1. The van der Waals surface area contributed by atoms with Crippen molar-refractivity contribution < 1.29 is 9.84 Å². The molecule has 0 saturated carbocycles. The van der Waals surface area contributed by atoms with Crippen molar-refractivity contribution >= 4 is 17.3 Å². The van der Waals surface area contributed by atoms with E-state index in [4.69, 9.17) is 21.3 Å². The average Bonchev–Trinajstić information content (AvgIpc) is 2.72. The molecule has 0 aliphatic carbocycles. The summed E-state index contributed by atoms with van der Waals surface area (Å²) >= 11 is 6.31. The first-order valence-electron chi connectivity index (χ1n) is 9.31. The molecule has 0 fully saturated rings. The van der Waals surface area contributed by atoms with Crippen LogP contribution in [0.1, 0.15) is 41.9 Å². The van der Waals surface area contributed by atoms with Crippen molar-refractivity contribution in [2.24, 2.45) is 4.99 Å². The van der Waals surface area contributed by atoms with Gasteiger partial charge in [-0.3, -0.25) is 9.89 Å². The number of phenols is 1. The molecule has 0 unspecified atom stereocenters. The molecule has 1 aromatic carbocycles. The van der Waals surface area contributed by atoms with Crippen LogP contribution in [0.5, 0.6) is 11.5 Å². The summed E-state index contributed by atoms with van der Waals surface area (Å²) in [5, 5.41) is 10.5. The second-order valence-electron chi connectivity index (χ2n) is 7.00. The molecule has 2 aliphatic rings. The zero-order chi connectivity index (χ0) is 18.8. The van der Waals surface area contributed by atoms with Gasteiger partial charge in [-0.2, -0.15) is 0 Å². The normalized spacial score (nSPS) is 17.3. The Kier molecular flexibility index (Phi) is 5.27. The molecular formula is C20H23ClN4O2. The van der Waals surface area contributed by atoms with Gasteiger partial charge in [0.2, 0.25) is 0 Å². The van der Waals surface area contributed by atoms with Gasteiger partial charge in [-0.05, 0) is 30.9 Å². The van der Waals surface area contributed by atoms with Gasteiger partial charge >= 0.3 is 0 Å². The molecule has 4 rings (SSSR count). The van der Waals surface area contributed by atoms with Crippen LogP contribution >= 0.6 is 11.6 Å². The maximum Gasteiger partial charge on any atom is 0.177 e. The SMILES string of the molecule is COc1ccc(CN2CCc3nc(C4=NCCCC4)ncc3C2)c(Cl)c1O. The lowest BCUT2D eigenvalue weighted by Crippen LogP contribution is -2.31. The van der Waals surface area contributed by atoms with E-state index < -0.39 is 0 Å². The standard InChI is InChI=1S/C20H23ClN4O2/c1-27-17-6-5-13(18(21)19(17)26)11-25-9-7-15-14(12-25)10-23-20(24-15)16-4-2-3-8-22-16/h5-6,10,26H,2-4,7-9,11-12H2,1H3. The third-order valence-electron chi connectivity index (χ3n) is 5.17. The number of nitrogens with zero attached hydrogens (tertiary/aromatic N) is 4. The molecule has 0 bridgehead atoms. The van der Waals surface area contributed by atoms with Crippen LogP contribution < -0.4 is 4.74 Å². The van der Waals surface area contributed by atoms with E-state index in [1.165, 1.54) is 13.5 Å². The molecule has 1 aromatic heterocycles. The number of aromatic nitrogens is 2. The Balaban J connectivity index is 1.49. The summed E-state index contributed by atoms with van der Waals surface area (Å²) in [6.45, 7) is 3.20. The summed E-state index contributed by atoms with van der Waals surface area (Å²) < 4.78 is 5.10. The Morgan fingerprint density at radius 1 is 1.26 bits per heavy atom. The van der Waals surface area contributed by atoms with Crippen LogP contribution in [0.4, 0.5) is 0 Å². The molecule has 142 valence electrons. The number of ether oxygens (including phenoxy) is 1. The summed E-state index contributed by atoms with van der Waals surface area (Å²) in [6.07, 6.45) is 6.12. The zero-order valence-corrected chi connectivity index (χ0v) is 16.2. The zero-order valence-electron chi connectivity index (χ0n) is 15.4. The molecule has 0 radical (unpaired) electrons. The molecule has 0 saturated heterocycles. The smallest absolute Gasteiger partial charge is 0.177 e. The predicted molar refractivity (Wildman–Crippen MR) is 105 cm³/mol. The number of phenolic OH excluding ortho intramolecular Hbond substituents is 1. The number of aromatic hydroxyl groups is 1.